The second-order valence-corrected chi connectivity index (χ2v) is 12.8. The Morgan fingerprint density at radius 3 is 2.27 bits per heavy atom. The lowest BCUT2D eigenvalue weighted by molar-refractivity contribution is -0.142. The van der Waals surface area contributed by atoms with Crippen LogP contribution in [0, 0.1) is 17.2 Å². The van der Waals surface area contributed by atoms with Gasteiger partial charge in [-0.05, 0) is 68.9 Å². The maximum absolute atomic E-state index is 13.7. The Hall–Kier alpha value is -3.62. The first kappa shape index (κ1) is 33.3. The summed E-state index contributed by atoms with van der Waals surface area (Å²) in [4.78, 5) is 30.0. The number of anilines is 1. The SMILES string of the molecule is CC(C)(C)OC(=O)N1CCN(Cc2cccc(CC(O)(C(=O)Nc3ccc(C#N)c(C(F)(F)F)c3)C3CCCCC3)c2)CC1. The minimum Gasteiger partial charge on any atom is -0.444 e. The van der Waals surface area contributed by atoms with Gasteiger partial charge >= 0.3 is 12.3 Å². The molecule has 1 saturated heterocycles. The minimum atomic E-state index is -4.77. The first-order valence-corrected chi connectivity index (χ1v) is 15.1. The van der Waals surface area contributed by atoms with Crippen molar-refractivity contribution >= 4 is 17.7 Å². The van der Waals surface area contributed by atoms with Gasteiger partial charge in [-0.1, -0.05) is 43.5 Å². The summed E-state index contributed by atoms with van der Waals surface area (Å²) < 4.78 is 46.1. The van der Waals surface area contributed by atoms with Crippen molar-refractivity contribution in [3.8, 4) is 6.07 Å². The van der Waals surface area contributed by atoms with Crippen molar-refractivity contribution in [2.45, 2.75) is 83.2 Å². The molecular formula is C33H41F3N4O4. The van der Waals surface area contributed by atoms with Crippen LogP contribution in [0.15, 0.2) is 42.5 Å². The predicted octanol–water partition coefficient (Wildman–Crippen LogP) is 6.12. The highest BCUT2D eigenvalue weighted by Gasteiger charge is 2.44. The number of aliphatic hydroxyl groups is 1. The second kappa shape index (κ2) is 13.6. The standard InChI is InChI=1S/C33H41F3N4O4/c1-31(2,3)44-30(42)40-16-14-39(15-17-40)22-24-9-7-8-23(18-24)20-32(43,26-10-5-4-6-11-26)29(41)38-27-13-12-25(21-37)28(19-27)33(34,35)36/h7-9,12-13,18-19,26,43H,4-6,10-11,14-17,20,22H2,1-3H3,(H,38,41). The molecule has 238 valence electrons. The van der Waals surface area contributed by atoms with Gasteiger partial charge in [0.15, 0.2) is 0 Å². The first-order chi connectivity index (χ1) is 20.7. The molecule has 1 atom stereocenters. The van der Waals surface area contributed by atoms with Gasteiger partial charge in [-0.15, -0.1) is 0 Å². The van der Waals surface area contributed by atoms with Gasteiger partial charge in [0, 0.05) is 44.8 Å². The van der Waals surface area contributed by atoms with Crippen LogP contribution in [0.5, 0.6) is 0 Å². The lowest BCUT2D eigenvalue weighted by Gasteiger charge is -2.37. The molecule has 2 N–H and O–H groups in total. The molecule has 2 aromatic rings. The Balaban J connectivity index is 1.48. The Morgan fingerprint density at radius 2 is 1.66 bits per heavy atom. The Labute approximate surface area is 256 Å². The molecule has 1 saturated carbocycles. The van der Waals surface area contributed by atoms with E-state index in [2.05, 4.69) is 10.2 Å². The number of piperazine rings is 1. The van der Waals surface area contributed by atoms with Crippen LogP contribution in [0.2, 0.25) is 0 Å². The van der Waals surface area contributed by atoms with E-state index in [0.717, 1.165) is 42.5 Å². The highest BCUT2D eigenvalue weighted by Crippen LogP contribution is 2.37. The average molecular weight is 615 g/mol. The van der Waals surface area contributed by atoms with Gasteiger partial charge < -0.3 is 20.1 Å². The third-order valence-corrected chi connectivity index (χ3v) is 8.27. The monoisotopic (exact) mass is 614 g/mol. The van der Waals surface area contributed by atoms with Crippen LogP contribution in [-0.2, 0) is 28.7 Å². The number of nitrogens with one attached hydrogen (secondary N) is 1. The van der Waals surface area contributed by atoms with E-state index in [1.807, 2.05) is 45.0 Å². The molecule has 0 bridgehead atoms. The molecule has 4 rings (SSSR count). The second-order valence-electron chi connectivity index (χ2n) is 12.8. The van der Waals surface area contributed by atoms with Crippen molar-refractivity contribution in [2.24, 2.45) is 5.92 Å². The number of rotatable bonds is 7. The molecule has 1 heterocycles. The number of amides is 2. The molecule has 44 heavy (non-hydrogen) atoms. The van der Waals surface area contributed by atoms with E-state index in [1.165, 1.54) is 12.1 Å². The molecule has 2 amide bonds. The van der Waals surface area contributed by atoms with Gasteiger partial charge in [0.25, 0.3) is 5.91 Å². The Morgan fingerprint density at radius 1 is 1.00 bits per heavy atom. The van der Waals surface area contributed by atoms with Crippen LogP contribution in [0.1, 0.15) is 75.1 Å². The number of alkyl halides is 3. The molecule has 1 unspecified atom stereocenters. The lowest BCUT2D eigenvalue weighted by Crippen LogP contribution is -2.51. The zero-order chi connectivity index (χ0) is 32.1. The van der Waals surface area contributed by atoms with E-state index < -0.39 is 34.4 Å². The average Bonchev–Trinajstić information content (AvgIpc) is 2.96. The first-order valence-electron chi connectivity index (χ1n) is 15.1. The van der Waals surface area contributed by atoms with Gasteiger partial charge in [0.2, 0.25) is 0 Å². The summed E-state index contributed by atoms with van der Waals surface area (Å²) in [5.41, 5.74) is -2.48. The molecule has 0 spiro atoms. The van der Waals surface area contributed by atoms with Crippen LogP contribution < -0.4 is 5.32 Å². The smallest absolute Gasteiger partial charge is 0.417 e. The maximum atomic E-state index is 13.7. The van der Waals surface area contributed by atoms with Crippen LogP contribution in [0.3, 0.4) is 0 Å². The normalized spacial score (nSPS) is 18.3. The van der Waals surface area contributed by atoms with Crippen molar-refractivity contribution in [2.75, 3.05) is 31.5 Å². The zero-order valence-corrected chi connectivity index (χ0v) is 25.5. The summed E-state index contributed by atoms with van der Waals surface area (Å²) in [6.07, 6.45) is -1.12. The molecule has 0 aromatic heterocycles. The molecular weight excluding hydrogens is 573 g/mol. The van der Waals surface area contributed by atoms with Gasteiger partial charge in [-0.3, -0.25) is 9.69 Å². The maximum Gasteiger partial charge on any atom is 0.417 e. The summed E-state index contributed by atoms with van der Waals surface area (Å²) in [6.45, 7) is 8.56. The van der Waals surface area contributed by atoms with Gasteiger partial charge in [0.05, 0.1) is 17.2 Å². The number of carbonyl (C=O) groups excluding carboxylic acids is 2. The van der Waals surface area contributed by atoms with E-state index in [4.69, 9.17) is 10.00 Å². The van der Waals surface area contributed by atoms with Crippen molar-refractivity contribution in [1.29, 1.82) is 5.26 Å². The summed E-state index contributed by atoms with van der Waals surface area (Å²) in [6, 6.07) is 12.2. The molecule has 0 radical (unpaired) electrons. The topological polar surface area (TPSA) is 106 Å². The van der Waals surface area contributed by atoms with E-state index in [0.29, 0.717) is 45.6 Å². The fourth-order valence-electron chi connectivity index (χ4n) is 6.01. The Bertz CT molecular complexity index is 1370. The summed E-state index contributed by atoms with van der Waals surface area (Å²) >= 11 is 0. The number of nitrogens with zero attached hydrogens (tertiary/aromatic N) is 3. The van der Waals surface area contributed by atoms with E-state index in [9.17, 15) is 27.9 Å². The van der Waals surface area contributed by atoms with Crippen LogP contribution in [-0.4, -0.2) is 64.3 Å². The lowest BCUT2D eigenvalue weighted by atomic mass is 9.73. The molecule has 1 aliphatic carbocycles. The van der Waals surface area contributed by atoms with E-state index in [-0.39, 0.29) is 24.1 Å². The summed E-state index contributed by atoms with van der Waals surface area (Å²) in [5, 5.41) is 23.6. The third-order valence-electron chi connectivity index (χ3n) is 8.27. The van der Waals surface area contributed by atoms with Gasteiger partial charge in [0.1, 0.15) is 11.2 Å². The van der Waals surface area contributed by atoms with Gasteiger partial charge in [-0.2, -0.15) is 18.4 Å². The number of hydrogen-bond donors (Lipinski definition) is 2. The highest BCUT2D eigenvalue weighted by atomic mass is 19.4. The summed E-state index contributed by atoms with van der Waals surface area (Å²) in [5.74, 6) is -1.12. The minimum absolute atomic E-state index is 0.00612. The van der Waals surface area contributed by atoms with Crippen LogP contribution in [0.4, 0.5) is 23.7 Å². The van der Waals surface area contributed by atoms with Crippen LogP contribution >= 0.6 is 0 Å². The largest absolute Gasteiger partial charge is 0.444 e. The third kappa shape index (κ3) is 8.51. The quantitative estimate of drug-likeness (QED) is 0.389. The predicted molar refractivity (Wildman–Crippen MR) is 160 cm³/mol. The fourth-order valence-corrected chi connectivity index (χ4v) is 6.01. The molecule has 11 heteroatoms. The number of benzene rings is 2. The van der Waals surface area contributed by atoms with Crippen molar-refractivity contribution in [1.82, 2.24) is 9.80 Å². The van der Waals surface area contributed by atoms with Gasteiger partial charge in [-0.25, -0.2) is 4.79 Å². The number of ether oxygens (including phenoxy) is 1. The molecule has 2 aromatic carbocycles. The molecule has 1 aliphatic heterocycles. The zero-order valence-electron chi connectivity index (χ0n) is 25.5. The van der Waals surface area contributed by atoms with E-state index >= 15 is 0 Å². The fraction of sp³-hybridized carbons (Fsp3) is 0.545. The van der Waals surface area contributed by atoms with Crippen molar-refractivity contribution in [3.05, 3.63) is 64.7 Å². The molecule has 2 fully saturated rings. The summed E-state index contributed by atoms with van der Waals surface area (Å²) in [7, 11) is 0. The van der Waals surface area contributed by atoms with Crippen molar-refractivity contribution in [3.63, 3.8) is 0 Å². The van der Waals surface area contributed by atoms with E-state index in [1.54, 1.807) is 4.90 Å². The molecule has 8 nitrogen and oxygen atoms in total. The number of carbonyl (C=O) groups is 2. The number of nitriles is 1. The van der Waals surface area contributed by atoms with Crippen LogP contribution in [0.25, 0.3) is 0 Å². The molecule has 2 aliphatic rings. The number of hydrogen-bond acceptors (Lipinski definition) is 6. The Kier molecular flexibility index (Phi) is 10.3. The van der Waals surface area contributed by atoms with Crippen molar-refractivity contribution < 1.29 is 32.6 Å². The number of halogens is 3. The highest BCUT2D eigenvalue weighted by molar-refractivity contribution is 5.97.